The van der Waals surface area contributed by atoms with Crippen molar-refractivity contribution in [3.8, 4) is 23.0 Å². The first kappa shape index (κ1) is 43.3. The number of carboxylic acids is 1. The number of hydrogen-bond donors (Lipinski definition) is 9. The first-order valence-electron chi connectivity index (χ1n) is 18.3. The van der Waals surface area contributed by atoms with E-state index in [4.69, 9.17) is 16.0 Å². The molecule has 0 radical (unpaired) electrons. The molecule has 1 unspecified atom stereocenters. The number of carbonyl (C=O) groups excluding carboxylic acids is 5. The minimum Gasteiger partial charge on any atom is -0.504 e. The molecule has 21 heteroatoms. The number of aromatic amines is 1. The molecule has 5 amide bonds. The van der Waals surface area contributed by atoms with E-state index < -0.39 is 58.6 Å². The standard InChI is InChI=1S/C42H34N10O11/c1-43-23-8-4-21(5-9-23)37(55)46-24-10-6-22(7-11-24)38(56)50-32(18-26-20-45-52-51-26)41(59)47-25-12-15-31(44-19-25)40(58)49-30-16-13-27(33(53)35(30)62-2)39(57)48-29-17-14-28(42(60)61)34(54)36(29)63-3/h4-17,19-20,32,53-54H,18H2,2-3H3,(H,46,55)(H,47,59)(H,48,57)(H,49,58)(H,50,56)(H,60,61)(H,45,51,52). The Hall–Kier alpha value is -9.32. The zero-order valence-electron chi connectivity index (χ0n) is 32.9. The largest absolute Gasteiger partial charge is 0.504 e. The first-order chi connectivity index (χ1) is 30.3. The van der Waals surface area contributed by atoms with Gasteiger partial charge in [0, 0.05) is 23.2 Å². The molecule has 0 aliphatic rings. The van der Waals surface area contributed by atoms with Crippen molar-refractivity contribution in [2.75, 3.05) is 35.5 Å². The third-order valence-corrected chi connectivity index (χ3v) is 9.07. The highest BCUT2D eigenvalue weighted by molar-refractivity contribution is 6.10. The second-order valence-electron chi connectivity index (χ2n) is 13.1. The number of phenolic OH excluding ortho intramolecular Hbond substituents is 1. The highest BCUT2D eigenvalue weighted by Crippen LogP contribution is 2.40. The predicted molar refractivity (Wildman–Crippen MR) is 223 cm³/mol. The molecule has 0 spiro atoms. The lowest BCUT2D eigenvalue weighted by Crippen LogP contribution is -2.45. The zero-order valence-corrected chi connectivity index (χ0v) is 32.9. The van der Waals surface area contributed by atoms with Gasteiger partial charge in [-0.2, -0.15) is 15.4 Å². The quantitative estimate of drug-likeness (QED) is 0.0638. The van der Waals surface area contributed by atoms with Crippen molar-refractivity contribution in [3.63, 3.8) is 0 Å². The number of hydrogen-bond acceptors (Lipinski definition) is 13. The van der Waals surface area contributed by atoms with E-state index >= 15 is 0 Å². The van der Waals surface area contributed by atoms with Crippen molar-refractivity contribution >= 4 is 63.9 Å². The van der Waals surface area contributed by atoms with Gasteiger partial charge in [0.1, 0.15) is 17.3 Å². The summed E-state index contributed by atoms with van der Waals surface area (Å²) in [6.45, 7) is 7.05. The number of nitrogens with one attached hydrogen (secondary N) is 6. The van der Waals surface area contributed by atoms with Crippen LogP contribution in [-0.2, 0) is 11.2 Å². The Bertz CT molecular complexity index is 2750. The Morgan fingerprint density at radius 1 is 0.683 bits per heavy atom. The number of aromatic hydroxyl groups is 2. The van der Waals surface area contributed by atoms with E-state index in [9.17, 15) is 44.1 Å². The van der Waals surface area contributed by atoms with Crippen LogP contribution in [0.4, 0.5) is 28.4 Å². The van der Waals surface area contributed by atoms with Crippen LogP contribution in [0.1, 0.15) is 57.6 Å². The molecule has 2 aromatic heterocycles. The molecule has 1 atom stereocenters. The fourth-order valence-corrected chi connectivity index (χ4v) is 5.89. The van der Waals surface area contributed by atoms with Crippen molar-refractivity contribution in [2.24, 2.45) is 0 Å². The number of benzene rings is 4. The van der Waals surface area contributed by atoms with Crippen LogP contribution >= 0.6 is 0 Å². The summed E-state index contributed by atoms with van der Waals surface area (Å²) in [4.78, 5) is 84.6. The lowest BCUT2D eigenvalue weighted by molar-refractivity contribution is -0.118. The number of nitrogens with zero attached hydrogens (tertiary/aromatic N) is 4. The molecule has 63 heavy (non-hydrogen) atoms. The van der Waals surface area contributed by atoms with Crippen LogP contribution in [0.15, 0.2) is 97.3 Å². The van der Waals surface area contributed by atoms with Gasteiger partial charge in [-0.3, -0.25) is 24.0 Å². The van der Waals surface area contributed by atoms with Crippen molar-refractivity contribution in [2.45, 2.75) is 12.5 Å². The molecular weight excluding hydrogens is 821 g/mol. The van der Waals surface area contributed by atoms with E-state index in [-0.39, 0.29) is 51.8 Å². The average molecular weight is 855 g/mol. The zero-order chi connectivity index (χ0) is 45.2. The van der Waals surface area contributed by atoms with Crippen molar-refractivity contribution in [3.05, 3.63) is 142 Å². The van der Waals surface area contributed by atoms with Gasteiger partial charge in [0.2, 0.25) is 5.91 Å². The lowest BCUT2D eigenvalue weighted by atomic mass is 10.1. The van der Waals surface area contributed by atoms with Crippen LogP contribution < -0.4 is 36.1 Å². The molecule has 0 fully saturated rings. The van der Waals surface area contributed by atoms with Gasteiger partial charge in [-0.15, -0.1) is 0 Å². The maximum Gasteiger partial charge on any atom is 0.339 e. The molecule has 0 saturated heterocycles. The smallest absolute Gasteiger partial charge is 0.339 e. The minimum atomic E-state index is -1.43. The molecule has 6 rings (SSSR count). The van der Waals surface area contributed by atoms with Gasteiger partial charge < -0.3 is 51.4 Å². The fraction of sp³-hybridized carbons (Fsp3) is 0.0952. The molecule has 0 aliphatic carbocycles. The molecule has 0 aliphatic heterocycles. The summed E-state index contributed by atoms with van der Waals surface area (Å²) < 4.78 is 10.3. The molecule has 21 nitrogen and oxygen atoms in total. The van der Waals surface area contributed by atoms with E-state index in [1.54, 1.807) is 0 Å². The van der Waals surface area contributed by atoms with Gasteiger partial charge in [-0.05, 0) is 60.7 Å². The predicted octanol–water partition coefficient (Wildman–Crippen LogP) is 4.61. The van der Waals surface area contributed by atoms with Crippen LogP contribution in [0.25, 0.3) is 4.85 Å². The number of H-pyrrole nitrogens is 1. The number of amides is 5. The van der Waals surface area contributed by atoms with Gasteiger partial charge in [0.25, 0.3) is 23.6 Å². The number of aromatic carboxylic acids is 1. The van der Waals surface area contributed by atoms with E-state index in [2.05, 4.69) is 51.8 Å². The third-order valence-electron chi connectivity index (χ3n) is 9.07. The number of carbonyl (C=O) groups is 6. The highest BCUT2D eigenvalue weighted by Gasteiger charge is 2.26. The average Bonchev–Trinajstić information content (AvgIpc) is 3.80. The van der Waals surface area contributed by atoms with Crippen LogP contribution in [0.5, 0.6) is 23.0 Å². The number of carboxylic acid groups (broad SMARTS) is 1. The number of rotatable bonds is 15. The molecule has 0 bridgehead atoms. The molecule has 2 heterocycles. The SMILES string of the molecule is [C-]#[N+]c1ccc(C(=O)Nc2ccc(C(=O)NC(Cc3cn[nH]n3)C(=O)Nc3ccc(C(=O)Nc4ccc(C(=O)Nc5ccc(C(=O)O)c(O)c5OC)c(O)c4OC)nc3)cc2)cc1. The molecule has 9 N–H and O–H groups in total. The monoisotopic (exact) mass is 854 g/mol. The summed E-state index contributed by atoms with van der Waals surface area (Å²) in [6, 6.07) is 18.3. The van der Waals surface area contributed by atoms with Gasteiger partial charge in [0.15, 0.2) is 28.7 Å². The molecule has 318 valence electrons. The highest BCUT2D eigenvalue weighted by atomic mass is 16.5. The Morgan fingerprint density at radius 2 is 1.27 bits per heavy atom. The second kappa shape index (κ2) is 19.2. The normalized spacial score (nSPS) is 10.9. The van der Waals surface area contributed by atoms with E-state index in [0.29, 0.717) is 22.6 Å². The topological polar surface area (TPSA) is 301 Å². The number of ether oxygens (including phenoxy) is 2. The van der Waals surface area contributed by atoms with E-state index in [1.165, 1.54) is 98.4 Å². The molecule has 6 aromatic rings. The lowest BCUT2D eigenvalue weighted by Gasteiger charge is -2.18. The second-order valence-corrected chi connectivity index (χ2v) is 13.1. The number of anilines is 4. The van der Waals surface area contributed by atoms with Crippen molar-refractivity contribution < 1.29 is 53.6 Å². The van der Waals surface area contributed by atoms with Gasteiger partial charge in [-0.25, -0.2) is 14.6 Å². The number of phenols is 2. The van der Waals surface area contributed by atoms with Crippen LogP contribution in [0.2, 0.25) is 0 Å². The minimum absolute atomic E-state index is 0.0495. The number of pyridine rings is 1. The fourth-order valence-electron chi connectivity index (χ4n) is 5.89. The maximum atomic E-state index is 13.5. The summed E-state index contributed by atoms with van der Waals surface area (Å²) in [5, 5.41) is 53.7. The van der Waals surface area contributed by atoms with Crippen molar-refractivity contribution in [1.29, 1.82) is 0 Å². The molecule has 4 aromatic carbocycles. The molecular formula is C42H34N10O11. The number of aromatic nitrogens is 4. The van der Waals surface area contributed by atoms with E-state index in [0.717, 1.165) is 13.2 Å². The summed E-state index contributed by atoms with van der Waals surface area (Å²) in [7, 11) is 2.34. The van der Waals surface area contributed by atoms with Crippen molar-refractivity contribution in [1.82, 2.24) is 25.7 Å². The number of methoxy groups -OCH3 is 2. The third kappa shape index (κ3) is 10.1. The molecule has 0 saturated carbocycles. The maximum absolute atomic E-state index is 13.5. The van der Waals surface area contributed by atoms with Gasteiger partial charge in [0.05, 0.1) is 61.5 Å². The Labute approximate surface area is 355 Å². The Morgan fingerprint density at radius 3 is 1.84 bits per heavy atom. The van der Waals surface area contributed by atoms with Crippen LogP contribution in [0, 0.1) is 6.57 Å². The Balaban J connectivity index is 1.09. The van der Waals surface area contributed by atoms with Gasteiger partial charge in [-0.1, -0.05) is 24.3 Å². The summed E-state index contributed by atoms with van der Waals surface area (Å²) in [6.07, 6.45) is 2.53. The Kier molecular flexibility index (Phi) is 13.2. The van der Waals surface area contributed by atoms with E-state index in [1.807, 2.05) is 0 Å². The van der Waals surface area contributed by atoms with Crippen LogP contribution in [0.3, 0.4) is 0 Å². The first-order valence-corrected chi connectivity index (χ1v) is 18.3. The van der Waals surface area contributed by atoms with Gasteiger partial charge >= 0.3 is 5.97 Å². The summed E-state index contributed by atoms with van der Waals surface area (Å²) in [5.74, 6) is -6.79. The van der Waals surface area contributed by atoms with Crippen LogP contribution in [-0.4, -0.2) is 91.5 Å². The summed E-state index contributed by atoms with van der Waals surface area (Å²) in [5.41, 5.74) is 0.780. The summed E-state index contributed by atoms with van der Waals surface area (Å²) >= 11 is 0.